The van der Waals surface area contributed by atoms with E-state index in [1.54, 1.807) is 0 Å². The molecule has 0 radical (unpaired) electrons. The Bertz CT molecular complexity index is 670. The van der Waals surface area contributed by atoms with Gasteiger partial charge in [0, 0.05) is 6.04 Å². The Balaban J connectivity index is 1.91. The maximum Gasteiger partial charge on any atom is 0.115 e. The van der Waals surface area contributed by atoms with Crippen LogP contribution in [0.2, 0.25) is 0 Å². The lowest BCUT2D eigenvalue weighted by atomic mass is 9.36. The van der Waals surface area contributed by atoms with Crippen LogP contribution in [-0.2, 0) is 11.8 Å². The van der Waals surface area contributed by atoms with E-state index in [9.17, 15) is 5.11 Å². The summed E-state index contributed by atoms with van der Waals surface area (Å²) in [6, 6.07) is 6.42. The SMILES string of the molecule is C[C@@]12CCc3cc(O)ccc3[C@@]1(C)CC[C@]1(C)[C@@H](N)CC[C@@]21C. The number of nitrogens with two attached hydrogens (primary N) is 1. The van der Waals surface area contributed by atoms with Crippen LogP contribution in [0.5, 0.6) is 5.75 Å². The van der Waals surface area contributed by atoms with Crippen LogP contribution in [0.15, 0.2) is 18.2 Å². The number of aromatic hydroxyl groups is 1. The van der Waals surface area contributed by atoms with Gasteiger partial charge in [-0.15, -0.1) is 0 Å². The van der Waals surface area contributed by atoms with E-state index in [0.717, 1.165) is 6.42 Å². The van der Waals surface area contributed by atoms with Crippen molar-refractivity contribution in [2.24, 2.45) is 22.0 Å². The molecule has 126 valence electrons. The number of benzene rings is 1. The topological polar surface area (TPSA) is 46.2 Å². The van der Waals surface area contributed by atoms with Gasteiger partial charge in [0.1, 0.15) is 5.75 Å². The molecule has 3 aliphatic rings. The summed E-state index contributed by atoms with van der Waals surface area (Å²) in [5.74, 6) is 0.408. The standard InChI is InChI=1S/C21H31NO/c1-18-11-12-19(2)17(22)8-10-21(19,4)20(18,3)9-7-14-13-15(23)5-6-16(14)18/h5-6,13,17,23H,7-12,22H2,1-4H3/t17-,18+,19+,20+,21+/m0/s1. The number of aryl methyl sites for hydroxylation is 1. The van der Waals surface area contributed by atoms with Crippen LogP contribution in [0, 0.1) is 16.2 Å². The molecule has 0 amide bonds. The molecular weight excluding hydrogens is 282 g/mol. The molecule has 23 heavy (non-hydrogen) atoms. The van der Waals surface area contributed by atoms with Gasteiger partial charge in [0.15, 0.2) is 0 Å². The fourth-order valence-electron chi connectivity index (χ4n) is 6.91. The number of hydrogen-bond donors (Lipinski definition) is 2. The first-order chi connectivity index (χ1) is 10.7. The van der Waals surface area contributed by atoms with Gasteiger partial charge in [-0.3, -0.25) is 0 Å². The van der Waals surface area contributed by atoms with Crippen molar-refractivity contribution in [3.8, 4) is 5.75 Å². The second-order valence-electron chi connectivity index (χ2n) is 9.40. The molecule has 3 N–H and O–H groups in total. The van der Waals surface area contributed by atoms with Gasteiger partial charge in [0.2, 0.25) is 0 Å². The minimum absolute atomic E-state index is 0.187. The smallest absolute Gasteiger partial charge is 0.115 e. The molecule has 0 aromatic heterocycles. The highest BCUT2D eigenvalue weighted by molar-refractivity contribution is 5.45. The van der Waals surface area contributed by atoms with Crippen molar-refractivity contribution < 1.29 is 5.11 Å². The van der Waals surface area contributed by atoms with Crippen molar-refractivity contribution in [3.63, 3.8) is 0 Å². The maximum atomic E-state index is 9.89. The van der Waals surface area contributed by atoms with E-state index in [2.05, 4.69) is 33.8 Å². The van der Waals surface area contributed by atoms with Crippen LogP contribution in [0.3, 0.4) is 0 Å². The summed E-state index contributed by atoms with van der Waals surface area (Å²) < 4.78 is 0. The third-order valence-corrected chi connectivity index (χ3v) is 9.19. The Kier molecular flexibility index (Phi) is 2.92. The van der Waals surface area contributed by atoms with Crippen molar-refractivity contribution in [2.45, 2.75) is 77.7 Å². The molecule has 1 aromatic carbocycles. The first kappa shape index (κ1) is 15.5. The molecule has 5 atom stereocenters. The van der Waals surface area contributed by atoms with E-state index < -0.39 is 0 Å². The Labute approximate surface area is 140 Å². The molecule has 0 bridgehead atoms. The first-order valence-corrected chi connectivity index (χ1v) is 9.26. The average Bonchev–Trinajstić information content (AvgIpc) is 2.75. The molecular formula is C21H31NO. The number of rotatable bonds is 0. The molecule has 2 nitrogen and oxygen atoms in total. The average molecular weight is 313 g/mol. The van der Waals surface area contributed by atoms with Crippen molar-refractivity contribution >= 4 is 0 Å². The molecule has 0 spiro atoms. The zero-order chi connectivity index (χ0) is 16.7. The summed E-state index contributed by atoms with van der Waals surface area (Å²) in [7, 11) is 0. The number of phenolic OH excluding ortho intramolecular Hbond substituents is 1. The summed E-state index contributed by atoms with van der Waals surface area (Å²) in [6.45, 7) is 10.0. The normalized spacial score (nSPS) is 48.5. The Morgan fingerprint density at radius 2 is 1.74 bits per heavy atom. The quantitative estimate of drug-likeness (QED) is 0.739. The Hall–Kier alpha value is -1.02. The molecule has 2 fully saturated rings. The zero-order valence-corrected chi connectivity index (χ0v) is 15.1. The summed E-state index contributed by atoms with van der Waals surface area (Å²) in [5, 5.41) is 9.89. The van der Waals surface area contributed by atoms with Gasteiger partial charge in [0.25, 0.3) is 0 Å². The van der Waals surface area contributed by atoms with Gasteiger partial charge in [-0.05, 0) is 83.4 Å². The minimum atomic E-state index is 0.187. The van der Waals surface area contributed by atoms with E-state index in [-0.39, 0.29) is 16.2 Å². The molecule has 1 aromatic rings. The zero-order valence-electron chi connectivity index (χ0n) is 15.1. The van der Waals surface area contributed by atoms with E-state index in [1.807, 2.05) is 12.1 Å². The van der Waals surface area contributed by atoms with Gasteiger partial charge in [-0.1, -0.05) is 33.8 Å². The van der Waals surface area contributed by atoms with Gasteiger partial charge in [0.05, 0.1) is 0 Å². The fourth-order valence-corrected chi connectivity index (χ4v) is 6.91. The van der Waals surface area contributed by atoms with Crippen molar-refractivity contribution in [2.75, 3.05) is 0 Å². The van der Waals surface area contributed by atoms with Crippen LogP contribution in [0.25, 0.3) is 0 Å². The monoisotopic (exact) mass is 313 g/mol. The van der Waals surface area contributed by atoms with E-state index in [0.29, 0.717) is 17.2 Å². The fraction of sp³-hybridized carbons (Fsp3) is 0.714. The lowest BCUT2D eigenvalue weighted by Gasteiger charge is -2.68. The van der Waals surface area contributed by atoms with Crippen molar-refractivity contribution in [1.82, 2.24) is 0 Å². The van der Waals surface area contributed by atoms with Crippen LogP contribution < -0.4 is 5.73 Å². The third kappa shape index (κ3) is 1.54. The molecule has 4 rings (SSSR count). The summed E-state index contributed by atoms with van der Waals surface area (Å²) in [4.78, 5) is 0. The predicted octanol–water partition coefficient (Wildman–Crippen LogP) is 4.53. The van der Waals surface area contributed by atoms with Crippen LogP contribution >= 0.6 is 0 Å². The van der Waals surface area contributed by atoms with Crippen molar-refractivity contribution in [3.05, 3.63) is 29.3 Å². The number of phenols is 1. The largest absolute Gasteiger partial charge is 0.508 e. The third-order valence-electron chi connectivity index (χ3n) is 9.19. The molecule has 3 aliphatic carbocycles. The lowest BCUT2D eigenvalue weighted by Crippen LogP contribution is -2.64. The van der Waals surface area contributed by atoms with E-state index >= 15 is 0 Å². The van der Waals surface area contributed by atoms with E-state index in [4.69, 9.17) is 5.73 Å². The predicted molar refractivity (Wildman–Crippen MR) is 94.5 cm³/mol. The minimum Gasteiger partial charge on any atom is -0.508 e. The van der Waals surface area contributed by atoms with E-state index in [1.165, 1.54) is 43.2 Å². The Morgan fingerprint density at radius 3 is 2.48 bits per heavy atom. The molecule has 0 heterocycles. The number of fused-ring (bicyclic) bond motifs is 5. The second kappa shape index (κ2) is 4.33. The van der Waals surface area contributed by atoms with Gasteiger partial charge in [-0.2, -0.15) is 0 Å². The van der Waals surface area contributed by atoms with Gasteiger partial charge in [-0.25, -0.2) is 0 Å². The molecule has 0 unspecified atom stereocenters. The van der Waals surface area contributed by atoms with Gasteiger partial charge < -0.3 is 10.8 Å². The first-order valence-electron chi connectivity index (χ1n) is 9.26. The number of hydrogen-bond acceptors (Lipinski definition) is 2. The second-order valence-corrected chi connectivity index (χ2v) is 9.40. The highest BCUT2D eigenvalue weighted by atomic mass is 16.3. The highest BCUT2D eigenvalue weighted by Crippen LogP contribution is 2.74. The molecule has 0 aliphatic heterocycles. The molecule has 2 heteroatoms. The van der Waals surface area contributed by atoms with Crippen LogP contribution in [0.4, 0.5) is 0 Å². The molecule has 0 saturated heterocycles. The summed E-state index contributed by atoms with van der Waals surface area (Å²) in [6.07, 6.45) is 7.14. The maximum absolute atomic E-state index is 9.89. The highest BCUT2D eigenvalue weighted by Gasteiger charge is 2.69. The van der Waals surface area contributed by atoms with Crippen LogP contribution in [-0.4, -0.2) is 11.1 Å². The summed E-state index contributed by atoms with van der Waals surface area (Å²) >= 11 is 0. The van der Waals surface area contributed by atoms with Crippen LogP contribution in [0.1, 0.15) is 70.9 Å². The Morgan fingerprint density at radius 1 is 1.00 bits per heavy atom. The summed E-state index contributed by atoms with van der Waals surface area (Å²) in [5.41, 5.74) is 10.5. The molecule has 2 saturated carbocycles. The van der Waals surface area contributed by atoms with Gasteiger partial charge >= 0.3 is 0 Å². The lowest BCUT2D eigenvalue weighted by molar-refractivity contribution is -0.141. The van der Waals surface area contributed by atoms with Crippen molar-refractivity contribution in [1.29, 1.82) is 0 Å².